The summed E-state index contributed by atoms with van der Waals surface area (Å²) in [6.45, 7) is 2.75. The molecule has 0 aliphatic rings. The second-order valence-corrected chi connectivity index (χ2v) is 4.01. The normalized spacial score (nSPS) is 13.9. The lowest BCUT2D eigenvalue weighted by Crippen LogP contribution is -2.21. The van der Waals surface area contributed by atoms with Crippen LogP contribution < -0.4 is 5.32 Å². The van der Waals surface area contributed by atoms with Crippen LogP contribution in [0.4, 0.5) is 0 Å². The van der Waals surface area contributed by atoms with Crippen molar-refractivity contribution in [1.82, 2.24) is 5.32 Å². The Morgan fingerprint density at radius 1 is 1.40 bits per heavy atom. The zero-order chi connectivity index (χ0) is 11.1. The van der Waals surface area contributed by atoms with Crippen LogP contribution in [0.2, 0.25) is 0 Å². The Kier molecular flexibility index (Phi) is 5.77. The topological polar surface area (TPSA) is 12.0 Å². The highest BCUT2D eigenvalue weighted by molar-refractivity contribution is 6.36. The van der Waals surface area contributed by atoms with E-state index < -0.39 is 0 Å². The maximum absolute atomic E-state index is 5.82. The second-order valence-electron chi connectivity index (χ2n) is 3.31. The summed E-state index contributed by atoms with van der Waals surface area (Å²) in [5, 5.41) is 3.98. The van der Waals surface area contributed by atoms with E-state index >= 15 is 0 Å². The number of halogens is 2. The second kappa shape index (κ2) is 6.89. The van der Waals surface area contributed by atoms with Crippen LogP contribution in [0, 0.1) is 0 Å². The minimum absolute atomic E-state index is 0.330. The molecule has 1 N–H and O–H groups in total. The molecular weight excluding hydrogens is 229 g/mol. The molecule has 1 aromatic carbocycles. The first-order chi connectivity index (χ1) is 7.27. The average molecular weight is 244 g/mol. The van der Waals surface area contributed by atoms with E-state index in [-0.39, 0.29) is 0 Å². The van der Waals surface area contributed by atoms with Crippen molar-refractivity contribution in [1.29, 1.82) is 0 Å². The van der Waals surface area contributed by atoms with Crippen molar-refractivity contribution in [2.45, 2.75) is 19.4 Å². The molecular formula is C12H15Cl2N. The number of benzene rings is 1. The molecule has 0 aliphatic carbocycles. The van der Waals surface area contributed by atoms with E-state index in [2.05, 4.69) is 24.4 Å². The lowest BCUT2D eigenvalue weighted by atomic mass is 10.0. The summed E-state index contributed by atoms with van der Waals surface area (Å²) < 4.78 is 0. The molecule has 0 radical (unpaired) electrons. The standard InChI is InChI=1S/C12H15Cl2N/c1-2-12(15-9-11(14)8-13)10-6-4-3-5-7-10/h3-8,12,15H,2,9H2,1H3. The van der Waals surface area contributed by atoms with Crippen molar-refractivity contribution in [3.63, 3.8) is 0 Å². The summed E-state index contributed by atoms with van der Waals surface area (Å²) in [5.74, 6) is 0. The summed E-state index contributed by atoms with van der Waals surface area (Å²) >= 11 is 11.3. The molecule has 3 heteroatoms. The highest BCUT2D eigenvalue weighted by atomic mass is 35.5. The van der Waals surface area contributed by atoms with Crippen LogP contribution in [-0.2, 0) is 0 Å². The predicted molar refractivity (Wildman–Crippen MR) is 67.3 cm³/mol. The molecule has 0 saturated heterocycles. The minimum Gasteiger partial charge on any atom is -0.305 e. The Balaban J connectivity index is 2.57. The zero-order valence-corrected chi connectivity index (χ0v) is 10.2. The molecule has 82 valence electrons. The lowest BCUT2D eigenvalue weighted by molar-refractivity contribution is 0.549. The van der Waals surface area contributed by atoms with Crippen LogP contribution in [0.3, 0.4) is 0 Å². The third kappa shape index (κ3) is 4.25. The average Bonchev–Trinajstić information content (AvgIpc) is 2.31. The van der Waals surface area contributed by atoms with Crippen molar-refractivity contribution >= 4 is 23.2 Å². The van der Waals surface area contributed by atoms with Gasteiger partial charge in [0.1, 0.15) is 0 Å². The molecule has 0 aromatic heterocycles. The van der Waals surface area contributed by atoms with Crippen LogP contribution in [0.5, 0.6) is 0 Å². The molecule has 0 aliphatic heterocycles. The summed E-state index contributed by atoms with van der Waals surface area (Å²) in [7, 11) is 0. The molecule has 15 heavy (non-hydrogen) atoms. The third-order valence-electron chi connectivity index (χ3n) is 2.25. The van der Waals surface area contributed by atoms with Crippen LogP contribution in [-0.4, -0.2) is 6.54 Å². The molecule has 0 fully saturated rings. The Hall–Kier alpha value is -0.500. The Morgan fingerprint density at radius 2 is 2.07 bits per heavy atom. The van der Waals surface area contributed by atoms with Gasteiger partial charge in [0.15, 0.2) is 0 Å². The molecule has 1 unspecified atom stereocenters. The Morgan fingerprint density at radius 3 is 2.60 bits per heavy atom. The zero-order valence-electron chi connectivity index (χ0n) is 8.71. The third-order valence-corrected chi connectivity index (χ3v) is 2.86. The molecule has 1 nitrogen and oxygen atoms in total. The number of rotatable bonds is 5. The SMILES string of the molecule is CCC(NCC(Cl)=CCl)c1ccccc1. The molecule has 0 spiro atoms. The highest BCUT2D eigenvalue weighted by Crippen LogP contribution is 2.16. The van der Waals surface area contributed by atoms with E-state index in [0.717, 1.165) is 6.42 Å². The molecule has 0 saturated carbocycles. The number of hydrogen-bond acceptors (Lipinski definition) is 1. The maximum atomic E-state index is 5.82. The maximum Gasteiger partial charge on any atom is 0.0432 e. The summed E-state index contributed by atoms with van der Waals surface area (Å²) in [5.41, 5.74) is 2.67. The smallest absolute Gasteiger partial charge is 0.0432 e. The van der Waals surface area contributed by atoms with E-state index in [9.17, 15) is 0 Å². The van der Waals surface area contributed by atoms with Crippen molar-refractivity contribution in [3.05, 3.63) is 46.5 Å². The van der Waals surface area contributed by atoms with Gasteiger partial charge >= 0.3 is 0 Å². The fraction of sp³-hybridized carbons (Fsp3) is 0.333. The van der Waals surface area contributed by atoms with Gasteiger partial charge in [0.25, 0.3) is 0 Å². The van der Waals surface area contributed by atoms with Gasteiger partial charge in [-0.05, 0) is 12.0 Å². The van der Waals surface area contributed by atoms with Gasteiger partial charge in [-0.3, -0.25) is 0 Å². The summed E-state index contributed by atoms with van der Waals surface area (Å²) in [4.78, 5) is 0. The quantitative estimate of drug-likeness (QED) is 0.823. The summed E-state index contributed by atoms with van der Waals surface area (Å²) in [6, 6.07) is 10.6. The van der Waals surface area contributed by atoms with Crippen molar-refractivity contribution in [2.24, 2.45) is 0 Å². The van der Waals surface area contributed by atoms with E-state index in [1.165, 1.54) is 11.1 Å². The molecule has 0 heterocycles. The van der Waals surface area contributed by atoms with Gasteiger partial charge in [-0.1, -0.05) is 60.5 Å². The molecule has 0 bridgehead atoms. The number of hydrogen-bond donors (Lipinski definition) is 1. The first-order valence-corrected chi connectivity index (χ1v) is 5.82. The van der Waals surface area contributed by atoms with E-state index in [1.54, 1.807) is 0 Å². The van der Waals surface area contributed by atoms with Gasteiger partial charge in [0.2, 0.25) is 0 Å². The van der Waals surface area contributed by atoms with Crippen LogP contribution in [0.1, 0.15) is 24.9 Å². The lowest BCUT2D eigenvalue weighted by Gasteiger charge is -2.16. The largest absolute Gasteiger partial charge is 0.305 e. The first kappa shape index (κ1) is 12.6. The number of nitrogens with one attached hydrogen (secondary N) is 1. The van der Waals surface area contributed by atoms with E-state index in [0.29, 0.717) is 17.6 Å². The van der Waals surface area contributed by atoms with Gasteiger partial charge in [-0.2, -0.15) is 0 Å². The van der Waals surface area contributed by atoms with Gasteiger partial charge < -0.3 is 5.32 Å². The predicted octanol–water partition coefficient (Wildman–Crippen LogP) is 4.05. The highest BCUT2D eigenvalue weighted by Gasteiger charge is 2.07. The fourth-order valence-electron chi connectivity index (χ4n) is 1.44. The minimum atomic E-state index is 0.330. The van der Waals surface area contributed by atoms with Crippen molar-refractivity contribution in [2.75, 3.05) is 6.54 Å². The van der Waals surface area contributed by atoms with Crippen LogP contribution in [0.15, 0.2) is 40.9 Å². The van der Waals surface area contributed by atoms with Gasteiger partial charge in [-0.25, -0.2) is 0 Å². The molecule has 1 rings (SSSR count). The fourth-order valence-corrected chi connectivity index (χ4v) is 1.60. The van der Waals surface area contributed by atoms with Gasteiger partial charge in [-0.15, -0.1) is 0 Å². The first-order valence-electron chi connectivity index (χ1n) is 5.01. The molecule has 0 amide bonds. The Labute approximate surface area is 101 Å². The van der Waals surface area contributed by atoms with Crippen molar-refractivity contribution in [3.8, 4) is 0 Å². The molecule has 1 aromatic rings. The Bertz CT molecular complexity index is 309. The van der Waals surface area contributed by atoms with Crippen LogP contribution >= 0.6 is 23.2 Å². The van der Waals surface area contributed by atoms with Crippen LogP contribution in [0.25, 0.3) is 0 Å². The van der Waals surface area contributed by atoms with E-state index in [4.69, 9.17) is 23.2 Å². The van der Waals surface area contributed by atoms with Gasteiger partial charge in [0, 0.05) is 23.2 Å². The van der Waals surface area contributed by atoms with Crippen molar-refractivity contribution < 1.29 is 0 Å². The van der Waals surface area contributed by atoms with E-state index in [1.807, 2.05) is 18.2 Å². The van der Waals surface area contributed by atoms with Gasteiger partial charge in [0.05, 0.1) is 0 Å². The monoisotopic (exact) mass is 243 g/mol. The summed E-state index contributed by atoms with van der Waals surface area (Å²) in [6.07, 6.45) is 1.02. The molecule has 1 atom stereocenters.